The van der Waals surface area contributed by atoms with E-state index in [4.69, 9.17) is 4.42 Å². The summed E-state index contributed by atoms with van der Waals surface area (Å²) in [7, 11) is 0. The van der Waals surface area contributed by atoms with Crippen LogP contribution in [0.1, 0.15) is 28.9 Å². The number of furan rings is 1. The summed E-state index contributed by atoms with van der Waals surface area (Å²) in [6.45, 7) is 1.94. The first kappa shape index (κ1) is 13.4. The van der Waals surface area contributed by atoms with E-state index in [1.165, 1.54) is 6.26 Å². The molecule has 0 saturated heterocycles. The molecule has 0 fully saturated rings. The summed E-state index contributed by atoms with van der Waals surface area (Å²) in [5, 5.41) is 2.91. The molecule has 0 saturated carbocycles. The molecule has 0 aliphatic carbocycles. The third-order valence-electron chi connectivity index (χ3n) is 2.58. The van der Waals surface area contributed by atoms with Gasteiger partial charge in [-0.05, 0) is 46.6 Å². The van der Waals surface area contributed by atoms with Gasteiger partial charge in [0.25, 0.3) is 5.91 Å². The molecule has 0 unspecified atom stereocenters. The zero-order valence-electron chi connectivity index (χ0n) is 9.61. The van der Waals surface area contributed by atoms with Crippen molar-refractivity contribution in [3.8, 4) is 0 Å². The first-order valence-electron chi connectivity index (χ1n) is 5.37. The van der Waals surface area contributed by atoms with E-state index in [-0.39, 0.29) is 11.9 Å². The van der Waals surface area contributed by atoms with Crippen LogP contribution < -0.4 is 5.32 Å². The number of hydrogen-bond donors (Lipinski definition) is 1. The van der Waals surface area contributed by atoms with Crippen LogP contribution in [0.5, 0.6) is 0 Å². The number of amides is 1. The van der Waals surface area contributed by atoms with Crippen molar-refractivity contribution in [2.75, 3.05) is 0 Å². The van der Waals surface area contributed by atoms with E-state index in [2.05, 4.69) is 37.2 Å². The predicted molar refractivity (Wildman–Crippen MR) is 76.4 cm³/mol. The van der Waals surface area contributed by atoms with Crippen LogP contribution in [0.2, 0.25) is 0 Å². The van der Waals surface area contributed by atoms with Crippen molar-refractivity contribution < 1.29 is 9.21 Å². The van der Waals surface area contributed by atoms with Gasteiger partial charge < -0.3 is 9.73 Å². The average molecular weight is 373 g/mol. The van der Waals surface area contributed by atoms with E-state index in [1.54, 1.807) is 6.07 Å². The molecule has 1 heterocycles. The van der Waals surface area contributed by atoms with Crippen molar-refractivity contribution in [3.05, 3.63) is 56.9 Å². The third kappa shape index (κ3) is 3.03. The average Bonchev–Trinajstić information content (AvgIpc) is 2.76. The maximum absolute atomic E-state index is 12.0. The number of carbonyl (C=O) groups is 1. The summed E-state index contributed by atoms with van der Waals surface area (Å²) in [6.07, 6.45) is 1.48. The second-order valence-electron chi connectivity index (χ2n) is 3.85. The van der Waals surface area contributed by atoms with Crippen LogP contribution in [0.25, 0.3) is 0 Å². The van der Waals surface area contributed by atoms with Gasteiger partial charge in [-0.1, -0.05) is 28.1 Å². The molecule has 0 spiro atoms. The lowest BCUT2D eigenvalue weighted by Gasteiger charge is -2.13. The van der Waals surface area contributed by atoms with Crippen LogP contribution in [0, 0.1) is 0 Å². The molecule has 18 heavy (non-hydrogen) atoms. The van der Waals surface area contributed by atoms with Crippen molar-refractivity contribution in [3.63, 3.8) is 0 Å². The largest absolute Gasteiger partial charge is 0.457 e. The zero-order valence-corrected chi connectivity index (χ0v) is 12.8. The molecule has 0 aliphatic heterocycles. The maximum atomic E-state index is 12.0. The molecule has 1 amide bonds. The Morgan fingerprint density at radius 3 is 2.44 bits per heavy atom. The molecule has 2 rings (SSSR count). The van der Waals surface area contributed by atoms with Gasteiger partial charge in [0, 0.05) is 4.47 Å². The molecular formula is C13H11Br2NO2. The molecule has 2 aromatic rings. The van der Waals surface area contributed by atoms with Crippen molar-refractivity contribution in [2.24, 2.45) is 0 Å². The summed E-state index contributed by atoms with van der Waals surface area (Å²) in [6, 6.07) is 9.41. The van der Waals surface area contributed by atoms with E-state index < -0.39 is 0 Å². The fourth-order valence-corrected chi connectivity index (χ4v) is 2.25. The Kier molecular flexibility index (Phi) is 4.24. The molecule has 0 radical (unpaired) electrons. The Labute approximate surface area is 122 Å². The summed E-state index contributed by atoms with van der Waals surface area (Å²) in [5.74, 6) is -0.161. The van der Waals surface area contributed by atoms with Gasteiger partial charge in [-0.25, -0.2) is 0 Å². The molecule has 1 atom stereocenters. The summed E-state index contributed by atoms with van der Waals surface area (Å²) in [4.78, 5) is 12.0. The highest BCUT2D eigenvalue weighted by Crippen LogP contribution is 2.20. The second-order valence-corrected chi connectivity index (χ2v) is 5.49. The minimum Gasteiger partial charge on any atom is -0.457 e. The molecule has 0 bridgehead atoms. The van der Waals surface area contributed by atoms with Crippen molar-refractivity contribution in [1.29, 1.82) is 0 Å². The number of halogens is 2. The molecule has 5 heteroatoms. The summed E-state index contributed by atoms with van der Waals surface area (Å²) >= 11 is 6.57. The molecule has 3 nitrogen and oxygen atoms in total. The number of rotatable bonds is 3. The van der Waals surface area contributed by atoms with Crippen LogP contribution in [0.4, 0.5) is 0 Å². The quantitative estimate of drug-likeness (QED) is 0.872. The Balaban J connectivity index is 2.08. The van der Waals surface area contributed by atoms with E-state index in [0.717, 1.165) is 10.0 Å². The van der Waals surface area contributed by atoms with Crippen molar-refractivity contribution in [2.45, 2.75) is 13.0 Å². The highest BCUT2D eigenvalue weighted by atomic mass is 79.9. The van der Waals surface area contributed by atoms with Crippen LogP contribution in [-0.2, 0) is 0 Å². The van der Waals surface area contributed by atoms with Gasteiger partial charge in [0.1, 0.15) is 0 Å². The Bertz CT molecular complexity index is 548. The van der Waals surface area contributed by atoms with E-state index in [9.17, 15) is 4.79 Å². The Morgan fingerprint density at radius 2 is 1.89 bits per heavy atom. The van der Waals surface area contributed by atoms with Crippen LogP contribution in [0.15, 0.2) is 50.2 Å². The fourth-order valence-electron chi connectivity index (χ4n) is 1.56. The minimum absolute atomic E-state index is 0.0626. The minimum atomic E-state index is -0.161. The van der Waals surface area contributed by atoms with Gasteiger partial charge in [-0.2, -0.15) is 0 Å². The van der Waals surface area contributed by atoms with Crippen molar-refractivity contribution in [1.82, 2.24) is 5.32 Å². The monoisotopic (exact) mass is 371 g/mol. The summed E-state index contributed by atoms with van der Waals surface area (Å²) in [5.41, 5.74) is 1.55. The first-order valence-corrected chi connectivity index (χ1v) is 6.96. The highest BCUT2D eigenvalue weighted by molar-refractivity contribution is 9.10. The maximum Gasteiger partial charge on any atom is 0.256 e. The molecule has 1 aromatic carbocycles. The number of benzene rings is 1. The number of hydrogen-bond acceptors (Lipinski definition) is 2. The normalized spacial score (nSPS) is 12.2. The van der Waals surface area contributed by atoms with Gasteiger partial charge in [0.15, 0.2) is 4.67 Å². The van der Waals surface area contributed by atoms with Crippen LogP contribution in [-0.4, -0.2) is 5.91 Å². The molecule has 1 aromatic heterocycles. The van der Waals surface area contributed by atoms with E-state index >= 15 is 0 Å². The first-order chi connectivity index (χ1) is 8.58. The number of carbonyl (C=O) groups excluding carboxylic acids is 1. The van der Waals surface area contributed by atoms with Gasteiger partial charge in [0.05, 0.1) is 17.9 Å². The Hall–Kier alpha value is -1.07. The van der Waals surface area contributed by atoms with E-state index in [1.807, 2.05) is 31.2 Å². The molecular weight excluding hydrogens is 362 g/mol. The van der Waals surface area contributed by atoms with Crippen LogP contribution >= 0.6 is 31.9 Å². The van der Waals surface area contributed by atoms with Gasteiger partial charge in [-0.15, -0.1) is 0 Å². The molecule has 1 N–H and O–H groups in total. The zero-order chi connectivity index (χ0) is 13.1. The lowest BCUT2D eigenvalue weighted by molar-refractivity contribution is 0.0938. The SMILES string of the molecule is C[C@@H](NC(=O)c1ccoc1Br)c1ccc(Br)cc1. The summed E-state index contributed by atoms with van der Waals surface area (Å²) < 4.78 is 6.50. The Morgan fingerprint density at radius 1 is 1.22 bits per heavy atom. The predicted octanol–water partition coefficient (Wildman–Crippen LogP) is 4.30. The number of nitrogens with one attached hydrogen (secondary N) is 1. The smallest absolute Gasteiger partial charge is 0.256 e. The van der Waals surface area contributed by atoms with Gasteiger partial charge in [0.2, 0.25) is 0 Å². The fraction of sp³-hybridized carbons (Fsp3) is 0.154. The highest BCUT2D eigenvalue weighted by Gasteiger charge is 2.15. The second kappa shape index (κ2) is 5.71. The van der Waals surface area contributed by atoms with Crippen molar-refractivity contribution >= 4 is 37.8 Å². The topological polar surface area (TPSA) is 42.2 Å². The lowest BCUT2D eigenvalue weighted by atomic mass is 10.1. The van der Waals surface area contributed by atoms with Gasteiger partial charge in [-0.3, -0.25) is 4.79 Å². The van der Waals surface area contributed by atoms with Crippen LogP contribution in [0.3, 0.4) is 0 Å². The molecule has 94 valence electrons. The third-order valence-corrected chi connectivity index (χ3v) is 3.72. The molecule has 0 aliphatic rings. The van der Waals surface area contributed by atoms with E-state index in [0.29, 0.717) is 10.2 Å². The van der Waals surface area contributed by atoms with Gasteiger partial charge >= 0.3 is 0 Å². The standard InChI is InChI=1S/C13H11Br2NO2/c1-8(9-2-4-10(14)5-3-9)16-13(17)11-6-7-18-12(11)15/h2-8H,1H3,(H,16,17)/t8-/m1/s1. The lowest BCUT2D eigenvalue weighted by Crippen LogP contribution is -2.26.